The highest BCUT2D eigenvalue weighted by Gasteiger charge is 2.18. The van der Waals surface area contributed by atoms with Gasteiger partial charge in [0.05, 0.1) is 11.9 Å². The first kappa shape index (κ1) is 23.0. The van der Waals surface area contributed by atoms with Crippen LogP contribution >= 0.6 is 0 Å². The van der Waals surface area contributed by atoms with Crippen LogP contribution in [0.5, 0.6) is 0 Å². The molecule has 0 spiro atoms. The van der Waals surface area contributed by atoms with E-state index in [9.17, 15) is 9.59 Å². The summed E-state index contributed by atoms with van der Waals surface area (Å²) in [6, 6.07) is 24.7. The van der Waals surface area contributed by atoms with Crippen molar-refractivity contribution >= 4 is 22.4 Å². The third-order valence-electron chi connectivity index (χ3n) is 6.47. The number of rotatable bonds is 6. The molecule has 0 saturated carbocycles. The minimum absolute atomic E-state index is 0.214. The maximum absolute atomic E-state index is 13.3. The standard InChI is InChI=1S/C28H29N5O2/c1-31-15-17-32(18-16-31)19-22-11-13-23(14-12-22)29-27(34)26-24-9-5-6-10-25(24)28(35)33(30-26)20-21-7-3-2-4-8-21/h2-14H,15-20H2,1H3,(H,29,34). The smallest absolute Gasteiger partial charge is 0.276 e. The molecule has 0 unspecified atom stereocenters. The van der Waals surface area contributed by atoms with E-state index in [4.69, 9.17) is 0 Å². The van der Waals surface area contributed by atoms with E-state index in [0.29, 0.717) is 23.0 Å². The maximum atomic E-state index is 13.3. The molecule has 35 heavy (non-hydrogen) atoms. The van der Waals surface area contributed by atoms with Crippen LogP contribution in [0, 0.1) is 0 Å². The van der Waals surface area contributed by atoms with Crippen molar-refractivity contribution in [1.29, 1.82) is 0 Å². The van der Waals surface area contributed by atoms with Crippen LogP contribution in [0.4, 0.5) is 5.69 Å². The highest BCUT2D eigenvalue weighted by Crippen LogP contribution is 2.17. The molecule has 3 aromatic carbocycles. The number of piperazine rings is 1. The first-order chi connectivity index (χ1) is 17.1. The molecule has 0 bridgehead atoms. The van der Waals surface area contributed by atoms with Crippen LogP contribution in [-0.4, -0.2) is 58.7 Å². The molecule has 178 valence electrons. The fraction of sp³-hybridized carbons (Fsp3) is 0.250. The Balaban J connectivity index is 1.36. The maximum Gasteiger partial charge on any atom is 0.276 e. The van der Waals surface area contributed by atoms with Gasteiger partial charge in [-0.2, -0.15) is 5.10 Å². The number of aromatic nitrogens is 2. The third-order valence-corrected chi connectivity index (χ3v) is 6.47. The average molecular weight is 468 g/mol. The van der Waals surface area contributed by atoms with Crippen LogP contribution in [0.15, 0.2) is 83.7 Å². The van der Waals surface area contributed by atoms with Gasteiger partial charge in [-0.3, -0.25) is 14.5 Å². The summed E-state index contributed by atoms with van der Waals surface area (Å²) in [5.41, 5.74) is 2.88. The van der Waals surface area contributed by atoms with Gasteiger partial charge in [0.1, 0.15) is 0 Å². The van der Waals surface area contributed by atoms with Gasteiger partial charge < -0.3 is 10.2 Å². The van der Waals surface area contributed by atoms with Crippen molar-refractivity contribution in [3.63, 3.8) is 0 Å². The summed E-state index contributed by atoms with van der Waals surface area (Å²) in [5.74, 6) is -0.338. The zero-order valence-electron chi connectivity index (χ0n) is 19.9. The number of fused-ring (bicyclic) bond motifs is 1. The van der Waals surface area contributed by atoms with E-state index in [-0.39, 0.29) is 17.2 Å². The molecule has 1 N–H and O–H groups in total. The number of carbonyl (C=O) groups excluding carboxylic acids is 1. The summed E-state index contributed by atoms with van der Waals surface area (Å²) in [5, 5.41) is 8.46. The Bertz CT molecular complexity index is 1370. The van der Waals surface area contributed by atoms with Gasteiger partial charge in [0.15, 0.2) is 5.69 Å². The van der Waals surface area contributed by atoms with Gasteiger partial charge in [0.2, 0.25) is 0 Å². The molecule has 1 amide bonds. The average Bonchev–Trinajstić information content (AvgIpc) is 2.89. The molecular weight excluding hydrogens is 438 g/mol. The van der Waals surface area contributed by atoms with Crippen molar-refractivity contribution in [2.45, 2.75) is 13.1 Å². The molecule has 1 fully saturated rings. The molecule has 0 atom stereocenters. The molecule has 1 aliphatic heterocycles. The molecule has 7 nitrogen and oxygen atoms in total. The monoisotopic (exact) mass is 467 g/mol. The SMILES string of the molecule is CN1CCN(Cc2ccc(NC(=O)c3nn(Cc4ccccc4)c(=O)c4ccccc34)cc2)CC1. The first-order valence-electron chi connectivity index (χ1n) is 11.9. The van der Waals surface area contributed by atoms with Crippen molar-refractivity contribution in [1.82, 2.24) is 19.6 Å². The second-order valence-electron chi connectivity index (χ2n) is 9.07. The Morgan fingerprint density at radius 2 is 1.43 bits per heavy atom. The Morgan fingerprint density at radius 1 is 0.800 bits per heavy atom. The van der Waals surface area contributed by atoms with Crippen molar-refractivity contribution in [2.24, 2.45) is 0 Å². The molecule has 5 rings (SSSR count). The molecule has 0 radical (unpaired) electrons. The van der Waals surface area contributed by atoms with E-state index in [2.05, 4.69) is 39.4 Å². The van der Waals surface area contributed by atoms with Crippen molar-refractivity contribution in [2.75, 3.05) is 38.5 Å². The van der Waals surface area contributed by atoms with Crippen LogP contribution in [0.2, 0.25) is 0 Å². The summed E-state index contributed by atoms with van der Waals surface area (Å²) < 4.78 is 1.37. The number of amides is 1. The number of anilines is 1. The van der Waals surface area contributed by atoms with E-state index in [1.165, 1.54) is 10.2 Å². The molecule has 2 heterocycles. The molecule has 0 aliphatic carbocycles. The number of carbonyl (C=O) groups is 1. The fourth-order valence-corrected chi connectivity index (χ4v) is 4.41. The van der Waals surface area contributed by atoms with Gasteiger partial charge >= 0.3 is 0 Å². The van der Waals surface area contributed by atoms with Gasteiger partial charge in [-0.15, -0.1) is 0 Å². The first-order valence-corrected chi connectivity index (χ1v) is 11.9. The third kappa shape index (κ3) is 5.31. The van der Waals surface area contributed by atoms with E-state index in [0.717, 1.165) is 38.3 Å². The predicted octanol–water partition coefficient (Wildman–Crippen LogP) is 3.44. The van der Waals surface area contributed by atoms with Gasteiger partial charge in [0.25, 0.3) is 11.5 Å². The summed E-state index contributed by atoms with van der Waals surface area (Å²) in [7, 11) is 2.15. The number of nitrogens with one attached hydrogen (secondary N) is 1. The van der Waals surface area contributed by atoms with Crippen molar-refractivity contribution in [3.8, 4) is 0 Å². The van der Waals surface area contributed by atoms with Gasteiger partial charge in [-0.1, -0.05) is 60.7 Å². The van der Waals surface area contributed by atoms with Gasteiger partial charge in [0, 0.05) is 43.8 Å². The van der Waals surface area contributed by atoms with Crippen LogP contribution < -0.4 is 10.9 Å². The largest absolute Gasteiger partial charge is 0.321 e. The van der Waals surface area contributed by atoms with Crippen LogP contribution in [0.3, 0.4) is 0 Å². The summed E-state index contributed by atoms with van der Waals surface area (Å²) in [6.07, 6.45) is 0. The number of hydrogen-bond donors (Lipinski definition) is 1. The molecule has 1 saturated heterocycles. The van der Waals surface area contributed by atoms with Gasteiger partial charge in [-0.05, 0) is 36.4 Å². The lowest BCUT2D eigenvalue weighted by Gasteiger charge is -2.32. The Morgan fingerprint density at radius 3 is 2.14 bits per heavy atom. The number of nitrogens with zero attached hydrogens (tertiary/aromatic N) is 4. The fourth-order valence-electron chi connectivity index (χ4n) is 4.41. The topological polar surface area (TPSA) is 70.5 Å². The van der Waals surface area contributed by atoms with Crippen LogP contribution in [0.25, 0.3) is 10.8 Å². The van der Waals surface area contributed by atoms with E-state index in [1.54, 1.807) is 18.2 Å². The Kier molecular flexibility index (Phi) is 6.70. The molecule has 7 heteroatoms. The summed E-state index contributed by atoms with van der Waals surface area (Å²) in [6.45, 7) is 5.49. The predicted molar refractivity (Wildman–Crippen MR) is 139 cm³/mol. The molecular formula is C28H29N5O2. The zero-order chi connectivity index (χ0) is 24.2. The molecule has 1 aromatic heterocycles. The quantitative estimate of drug-likeness (QED) is 0.470. The number of benzene rings is 3. The Hall–Kier alpha value is -3.81. The summed E-state index contributed by atoms with van der Waals surface area (Å²) >= 11 is 0. The summed E-state index contributed by atoms with van der Waals surface area (Å²) in [4.78, 5) is 31.1. The number of likely N-dealkylation sites (N-methyl/N-ethyl adjacent to an activating group) is 1. The molecule has 4 aromatic rings. The second kappa shape index (κ2) is 10.2. The van der Waals surface area contributed by atoms with Gasteiger partial charge in [-0.25, -0.2) is 4.68 Å². The minimum Gasteiger partial charge on any atom is -0.321 e. The zero-order valence-corrected chi connectivity index (χ0v) is 19.9. The van der Waals surface area contributed by atoms with Crippen molar-refractivity contribution < 1.29 is 4.79 Å². The van der Waals surface area contributed by atoms with Crippen molar-refractivity contribution in [3.05, 3.63) is 106 Å². The lowest BCUT2D eigenvalue weighted by atomic mass is 10.1. The molecule has 1 aliphatic rings. The Labute approximate surface area is 204 Å². The lowest BCUT2D eigenvalue weighted by molar-refractivity contribution is 0.102. The lowest BCUT2D eigenvalue weighted by Crippen LogP contribution is -2.43. The number of hydrogen-bond acceptors (Lipinski definition) is 5. The van der Waals surface area contributed by atoms with Crippen LogP contribution in [-0.2, 0) is 13.1 Å². The second-order valence-corrected chi connectivity index (χ2v) is 9.07. The van der Waals surface area contributed by atoms with Crippen LogP contribution in [0.1, 0.15) is 21.6 Å². The highest BCUT2D eigenvalue weighted by molar-refractivity contribution is 6.11. The van der Waals surface area contributed by atoms with E-state index >= 15 is 0 Å². The van der Waals surface area contributed by atoms with E-state index < -0.39 is 0 Å². The minimum atomic E-state index is -0.338. The normalized spacial score (nSPS) is 14.8. The van der Waals surface area contributed by atoms with E-state index in [1.807, 2.05) is 48.5 Å². The highest BCUT2D eigenvalue weighted by atomic mass is 16.2.